The molecule has 6 nitrogen and oxygen atoms in total. The van der Waals surface area contributed by atoms with E-state index in [2.05, 4.69) is 11.9 Å². The summed E-state index contributed by atoms with van der Waals surface area (Å²) < 4.78 is 19.0. The van der Waals surface area contributed by atoms with Crippen molar-refractivity contribution in [1.29, 1.82) is 0 Å². The Kier molecular flexibility index (Phi) is 6.84. The molecule has 0 aliphatic heterocycles. The molecule has 2 aromatic rings. The van der Waals surface area contributed by atoms with Crippen molar-refractivity contribution >= 4 is 11.6 Å². The summed E-state index contributed by atoms with van der Waals surface area (Å²) >= 11 is 0. The summed E-state index contributed by atoms with van der Waals surface area (Å²) in [6.07, 6.45) is 2.35. The fraction of sp³-hybridized carbons (Fsp3) is 0.211. The molecule has 1 N–H and O–H groups in total. The molecule has 0 spiro atoms. The highest BCUT2D eigenvalue weighted by atomic mass is 19.1. The van der Waals surface area contributed by atoms with Crippen LogP contribution in [0.4, 0.5) is 10.1 Å². The van der Waals surface area contributed by atoms with Crippen LogP contribution in [0.15, 0.2) is 55.1 Å². The Bertz CT molecular complexity index is 808. The average Bonchev–Trinajstić information content (AvgIpc) is 2.62. The Hall–Kier alpha value is -3.22. The van der Waals surface area contributed by atoms with Gasteiger partial charge in [0.05, 0.1) is 4.92 Å². The number of hydrogen-bond donors (Lipinski definition) is 1. The second-order valence-corrected chi connectivity index (χ2v) is 5.52. The number of benzene rings is 2. The molecule has 0 aliphatic rings. The Morgan fingerprint density at radius 1 is 1.27 bits per heavy atom. The van der Waals surface area contributed by atoms with Gasteiger partial charge in [0.2, 0.25) is 0 Å². The Balaban J connectivity index is 1.87. The number of halogens is 1. The first-order valence-electron chi connectivity index (χ1n) is 8.02. The normalized spacial score (nSPS) is 10.2. The first-order chi connectivity index (χ1) is 12.5. The quantitative estimate of drug-likeness (QED) is 0.424. The minimum absolute atomic E-state index is 0.0523. The van der Waals surface area contributed by atoms with Gasteiger partial charge in [0, 0.05) is 24.2 Å². The van der Waals surface area contributed by atoms with Crippen LogP contribution in [0.5, 0.6) is 5.75 Å². The molecule has 0 fully saturated rings. The topological polar surface area (TPSA) is 81.5 Å². The summed E-state index contributed by atoms with van der Waals surface area (Å²) in [4.78, 5) is 22.2. The largest absolute Gasteiger partial charge is 0.483 e. The number of allylic oxidation sites excluding steroid dienone is 1. The van der Waals surface area contributed by atoms with Crippen LogP contribution < -0.4 is 10.1 Å². The van der Waals surface area contributed by atoms with Crippen LogP contribution >= 0.6 is 0 Å². The zero-order valence-electron chi connectivity index (χ0n) is 14.1. The lowest BCUT2D eigenvalue weighted by atomic mass is 10.1. The van der Waals surface area contributed by atoms with Crippen LogP contribution in [0.25, 0.3) is 0 Å². The van der Waals surface area contributed by atoms with Crippen LogP contribution in [0.1, 0.15) is 11.1 Å². The van der Waals surface area contributed by atoms with Gasteiger partial charge < -0.3 is 10.1 Å². The van der Waals surface area contributed by atoms with E-state index in [-0.39, 0.29) is 30.6 Å². The molecular weight excluding hydrogens is 339 g/mol. The maximum atomic E-state index is 13.5. The van der Waals surface area contributed by atoms with Crippen molar-refractivity contribution in [1.82, 2.24) is 5.32 Å². The highest BCUT2D eigenvalue weighted by Crippen LogP contribution is 2.25. The lowest BCUT2D eigenvalue weighted by Gasteiger charge is -2.11. The standard InChI is InChI=1S/C19H19FN2O4/c1-2-5-15-12-16(22(24)25)8-9-18(15)26-13-19(23)21-11-10-14-6-3-4-7-17(14)20/h2-4,6-9,12H,1,5,10-11,13H2,(H,21,23). The molecule has 0 aromatic heterocycles. The molecule has 2 aromatic carbocycles. The van der Waals surface area contributed by atoms with Gasteiger partial charge in [-0.05, 0) is 30.5 Å². The summed E-state index contributed by atoms with van der Waals surface area (Å²) in [7, 11) is 0. The lowest BCUT2D eigenvalue weighted by Crippen LogP contribution is -2.30. The fourth-order valence-corrected chi connectivity index (χ4v) is 2.37. The Labute approximate surface area is 150 Å². The van der Waals surface area contributed by atoms with E-state index in [1.165, 1.54) is 24.3 Å². The van der Waals surface area contributed by atoms with E-state index in [0.717, 1.165) is 0 Å². The van der Waals surface area contributed by atoms with E-state index in [1.54, 1.807) is 24.3 Å². The van der Waals surface area contributed by atoms with E-state index in [1.807, 2.05) is 0 Å². The van der Waals surface area contributed by atoms with Crippen molar-refractivity contribution in [2.75, 3.05) is 13.2 Å². The van der Waals surface area contributed by atoms with Gasteiger partial charge in [-0.15, -0.1) is 6.58 Å². The molecule has 0 saturated carbocycles. The number of nitrogens with zero attached hydrogens (tertiary/aromatic N) is 1. The van der Waals surface area contributed by atoms with Crippen molar-refractivity contribution in [2.24, 2.45) is 0 Å². The molecular formula is C19H19FN2O4. The molecule has 0 bridgehead atoms. The number of non-ortho nitro benzene ring substituents is 1. The average molecular weight is 358 g/mol. The van der Waals surface area contributed by atoms with Gasteiger partial charge in [-0.3, -0.25) is 14.9 Å². The number of nitro groups is 1. The molecule has 26 heavy (non-hydrogen) atoms. The number of rotatable bonds is 9. The number of nitrogens with one attached hydrogen (secondary N) is 1. The van der Waals surface area contributed by atoms with Crippen LogP contribution in [0.2, 0.25) is 0 Å². The summed E-state index contributed by atoms with van der Waals surface area (Å²) in [5.74, 6) is -0.276. The van der Waals surface area contributed by atoms with Crippen molar-refractivity contribution < 1.29 is 18.8 Å². The maximum absolute atomic E-state index is 13.5. The molecule has 0 radical (unpaired) electrons. The molecule has 2 rings (SSSR count). The molecule has 1 amide bonds. The van der Waals surface area contributed by atoms with Crippen LogP contribution in [-0.4, -0.2) is 24.0 Å². The molecule has 0 aliphatic carbocycles. The fourth-order valence-electron chi connectivity index (χ4n) is 2.37. The first kappa shape index (κ1) is 19.1. The smallest absolute Gasteiger partial charge is 0.269 e. The van der Waals surface area contributed by atoms with Gasteiger partial charge in [0.15, 0.2) is 6.61 Å². The minimum Gasteiger partial charge on any atom is -0.483 e. The third kappa shape index (κ3) is 5.41. The highest BCUT2D eigenvalue weighted by Gasteiger charge is 2.12. The number of carbonyl (C=O) groups excluding carboxylic acids is 1. The highest BCUT2D eigenvalue weighted by molar-refractivity contribution is 5.77. The monoisotopic (exact) mass is 358 g/mol. The number of amides is 1. The summed E-state index contributed by atoms with van der Waals surface area (Å²) in [5, 5.41) is 13.5. The number of ether oxygens (including phenoxy) is 1. The Morgan fingerprint density at radius 2 is 2.04 bits per heavy atom. The van der Waals surface area contributed by atoms with E-state index < -0.39 is 4.92 Å². The van der Waals surface area contributed by atoms with E-state index in [4.69, 9.17) is 4.74 Å². The summed E-state index contributed by atoms with van der Waals surface area (Å²) in [6.45, 7) is 3.65. The van der Waals surface area contributed by atoms with Gasteiger partial charge in [-0.1, -0.05) is 24.3 Å². The van der Waals surface area contributed by atoms with Crippen molar-refractivity contribution in [3.63, 3.8) is 0 Å². The van der Waals surface area contributed by atoms with Crippen LogP contribution in [-0.2, 0) is 17.6 Å². The van der Waals surface area contributed by atoms with Gasteiger partial charge >= 0.3 is 0 Å². The van der Waals surface area contributed by atoms with Gasteiger partial charge in [0.1, 0.15) is 11.6 Å². The Morgan fingerprint density at radius 3 is 2.73 bits per heavy atom. The van der Waals surface area contributed by atoms with Crippen LogP contribution in [0, 0.1) is 15.9 Å². The van der Waals surface area contributed by atoms with Gasteiger partial charge in [-0.2, -0.15) is 0 Å². The summed E-state index contributed by atoms with van der Waals surface area (Å²) in [5.41, 5.74) is 1.05. The van der Waals surface area contributed by atoms with E-state index >= 15 is 0 Å². The number of hydrogen-bond acceptors (Lipinski definition) is 4. The lowest BCUT2D eigenvalue weighted by molar-refractivity contribution is -0.384. The van der Waals surface area contributed by atoms with Gasteiger partial charge in [-0.25, -0.2) is 4.39 Å². The summed E-state index contributed by atoms with van der Waals surface area (Å²) in [6, 6.07) is 10.6. The zero-order valence-corrected chi connectivity index (χ0v) is 14.1. The van der Waals surface area contributed by atoms with E-state index in [9.17, 15) is 19.3 Å². The number of carbonyl (C=O) groups is 1. The predicted octanol–water partition coefficient (Wildman–Crippen LogP) is 3.20. The zero-order chi connectivity index (χ0) is 18.9. The first-order valence-corrected chi connectivity index (χ1v) is 8.02. The van der Waals surface area contributed by atoms with Crippen molar-refractivity contribution in [2.45, 2.75) is 12.8 Å². The third-order valence-corrected chi connectivity index (χ3v) is 3.65. The predicted molar refractivity (Wildman–Crippen MR) is 95.6 cm³/mol. The van der Waals surface area contributed by atoms with Crippen molar-refractivity contribution in [3.8, 4) is 5.75 Å². The molecule has 136 valence electrons. The van der Waals surface area contributed by atoms with Gasteiger partial charge in [0.25, 0.3) is 11.6 Å². The van der Waals surface area contributed by atoms with Crippen molar-refractivity contribution in [3.05, 3.63) is 82.2 Å². The van der Waals surface area contributed by atoms with Crippen LogP contribution in [0.3, 0.4) is 0 Å². The molecule has 0 heterocycles. The second kappa shape index (κ2) is 9.31. The maximum Gasteiger partial charge on any atom is 0.269 e. The molecule has 0 atom stereocenters. The SMILES string of the molecule is C=CCc1cc([N+](=O)[O-])ccc1OCC(=O)NCCc1ccccc1F. The molecule has 0 unspecified atom stereocenters. The third-order valence-electron chi connectivity index (χ3n) is 3.65. The molecule has 7 heteroatoms. The molecule has 0 saturated heterocycles. The van der Waals surface area contributed by atoms with E-state index in [0.29, 0.717) is 29.7 Å². The minimum atomic E-state index is -0.494. The number of nitro benzene ring substituents is 1. The second-order valence-electron chi connectivity index (χ2n) is 5.52.